The molecule has 0 aromatic carbocycles. The maximum absolute atomic E-state index is 10.7. The normalized spacial score (nSPS) is 9.77. The Morgan fingerprint density at radius 1 is 1.69 bits per heavy atom. The number of aromatic nitrogens is 1. The van der Waals surface area contributed by atoms with Crippen LogP contribution in [0.2, 0.25) is 0 Å². The van der Waals surface area contributed by atoms with Gasteiger partial charge < -0.3 is 9.84 Å². The number of rotatable bonds is 2. The zero-order chi connectivity index (χ0) is 10.0. The molecular weight excluding hydrogens is 238 g/mol. The van der Waals surface area contributed by atoms with Crippen LogP contribution in [0, 0.1) is 6.92 Å². The largest absolute Gasteiger partial charge is 0.495 e. The van der Waals surface area contributed by atoms with Gasteiger partial charge >= 0.3 is 5.97 Å². The summed E-state index contributed by atoms with van der Waals surface area (Å²) in [6.45, 7) is 1.76. The lowest BCUT2D eigenvalue weighted by molar-refractivity contribution is 0.0692. The van der Waals surface area contributed by atoms with Crippen molar-refractivity contribution in [2.24, 2.45) is 0 Å². The van der Waals surface area contributed by atoms with Crippen LogP contribution in [0.1, 0.15) is 16.1 Å². The number of aromatic carboxylic acids is 1. The van der Waals surface area contributed by atoms with E-state index in [1.54, 1.807) is 6.92 Å². The first-order valence-electron chi connectivity index (χ1n) is 3.50. The van der Waals surface area contributed by atoms with E-state index in [4.69, 9.17) is 9.84 Å². The van der Waals surface area contributed by atoms with E-state index in [0.717, 1.165) is 0 Å². The van der Waals surface area contributed by atoms with Crippen LogP contribution >= 0.6 is 15.9 Å². The standard InChI is InChI=1S/C8H8BrNO3/c1-4-6(9)7(13-2)5(3-10-4)8(11)12/h3H,1-2H3,(H,11,12). The van der Waals surface area contributed by atoms with Crippen LogP contribution in [-0.2, 0) is 0 Å². The first-order chi connectivity index (χ1) is 6.07. The first kappa shape index (κ1) is 9.98. The monoisotopic (exact) mass is 245 g/mol. The number of methoxy groups -OCH3 is 1. The van der Waals surface area contributed by atoms with Gasteiger partial charge in [-0.1, -0.05) is 0 Å². The third kappa shape index (κ3) is 1.80. The number of carboxylic acids is 1. The number of carboxylic acid groups (broad SMARTS) is 1. The quantitative estimate of drug-likeness (QED) is 0.865. The summed E-state index contributed by atoms with van der Waals surface area (Å²) in [5, 5.41) is 8.77. The first-order valence-corrected chi connectivity index (χ1v) is 4.29. The number of hydrogen-bond acceptors (Lipinski definition) is 3. The molecular formula is C8H8BrNO3. The second-order valence-corrected chi connectivity index (χ2v) is 3.20. The van der Waals surface area contributed by atoms with Crippen LogP contribution in [0.25, 0.3) is 0 Å². The Labute approximate surface area is 83.7 Å². The molecule has 0 aliphatic heterocycles. The molecule has 1 aromatic heterocycles. The molecule has 0 saturated heterocycles. The molecule has 4 nitrogen and oxygen atoms in total. The zero-order valence-corrected chi connectivity index (χ0v) is 8.75. The molecule has 0 radical (unpaired) electrons. The molecule has 0 unspecified atom stereocenters. The summed E-state index contributed by atoms with van der Waals surface area (Å²) >= 11 is 3.21. The van der Waals surface area contributed by atoms with Crippen LogP contribution in [0.4, 0.5) is 0 Å². The van der Waals surface area contributed by atoms with Gasteiger partial charge in [-0.25, -0.2) is 4.79 Å². The zero-order valence-electron chi connectivity index (χ0n) is 7.17. The van der Waals surface area contributed by atoms with Crippen molar-refractivity contribution in [3.63, 3.8) is 0 Å². The number of carbonyl (C=O) groups is 1. The number of ether oxygens (including phenoxy) is 1. The smallest absolute Gasteiger partial charge is 0.341 e. The maximum Gasteiger partial charge on any atom is 0.341 e. The van der Waals surface area contributed by atoms with Gasteiger partial charge in [0.1, 0.15) is 5.56 Å². The maximum atomic E-state index is 10.7. The van der Waals surface area contributed by atoms with Crippen LogP contribution in [0.15, 0.2) is 10.7 Å². The Morgan fingerprint density at radius 2 is 2.31 bits per heavy atom. The molecule has 1 heterocycles. The Morgan fingerprint density at radius 3 is 2.77 bits per heavy atom. The summed E-state index contributed by atoms with van der Waals surface area (Å²) < 4.78 is 5.53. The predicted molar refractivity (Wildman–Crippen MR) is 50.2 cm³/mol. The van der Waals surface area contributed by atoms with E-state index in [1.165, 1.54) is 13.3 Å². The summed E-state index contributed by atoms with van der Waals surface area (Å²) in [5.41, 5.74) is 0.752. The van der Waals surface area contributed by atoms with Crippen molar-refractivity contribution in [2.75, 3.05) is 7.11 Å². The van der Waals surface area contributed by atoms with Crippen molar-refractivity contribution in [1.29, 1.82) is 0 Å². The summed E-state index contributed by atoms with van der Waals surface area (Å²) in [4.78, 5) is 14.6. The summed E-state index contributed by atoms with van der Waals surface area (Å²) in [6.07, 6.45) is 1.28. The molecule has 1 N–H and O–H groups in total. The molecule has 0 amide bonds. The lowest BCUT2D eigenvalue weighted by Gasteiger charge is -2.07. The highest BCUT2D eigenvalue weighted by molar-refractivity contribution is 9.10. The van der Waals surface area contributed by atoms with E-state index in [0.29, 0.717) is 15.9 Å². The highest BCUT2D eigenvalue weighted by Crippen LogP contribution is 2.30. The van der Waals surface area contributed by atoms with Gasteiger partial charge in [0.25, 0.3) is 0 Å². The average molecular weight is 246 g/mol. The number of aryl methyl sites for hydroxylation is 1. The second kappa shape index (κ2) is 3.74. The Bertz CT molecular complexity index is 351. The van der Waals surface area contributed by atoms with E-state index in [1.807, 2.05) is 0 Å². The van der Waals surface area contributed by atoms with Gasteiger partial charge in [-0.05, 0) is 22.9 Å². The number of nitrogens with zero attached hydrogens (tertiary/aromatic N) is 1. The van der Waals surface area contributed by atoms with E-state index in [2.05, 4.69) is 20.9 Å². The molecule has 0 bridgehead atoms. The second-order valence-electron chi connectivity index (χ2n) is 2.41. The molecule has 0 saturated carbocycles. The summed E-state index contributed by atoms with van der Waals surface area (Å²) in [6, 6.07) is 0. The van der Waals surface area contributed by atoms with Crippen molar-refractivity contribution >= 4 is 21.9 Å². The van der Waals surface area contributed by atoms with Gasteiger partial charge in [0.05, 0.1) is 17.3 Å². The van der Waals surface area contributed by atoms with Crippen molar-refractivity contribution in [3.8, 4) is 5.75 Å². The SMILES string of the molecule is COc1c(C(=O)O)cnc(C)c1Br. The minimum atomic E-state index is -1.05. The van der Waals surface area contributed by atoms with Crippen molar-refractivity contribution < 1.29 is 14.6 Å². The molecule has 0 spiro atoms. The van der Waals surface area contributed by atoms with Crippen molar-refractivity contribution in [2.45, 2.75) is 6.92 Å². The predicted octanol–water partition coefficient (Wildman–Crippen LogP) is 1.86. The van der Waals surface area contributed by atoms with Gasteiger partial charge in [-0.2, -0.15) is 0 Å². The summed E-state index contributed by atoms with van der Waals surface area (Å²) in [7, 11) is 1.42. The lowest BCUT2D eigenvalue weighted by atomic mass is 10.2. The lowest BCUT2D eigenvalue weighted by Crippen LogP contribution is -2.03. The molecule has 1 rings (SSSR count). The Hall–Kier alpha value is -1.10. The molecule has 0 atom stereocenters. The van der Waals surface area contributed by atoms with Gasteiger partial charge in [0.2, 0.25) is 0 Å². The fourth-order valence-electron chi connectivity index (χ4n) is 0.911. The van der Waals surface area contributed by atoms with Crippen LogP contribution in [-0.4, -0.2) is 23.2 Å². The van der Waals surface area contributed by atoms with Gasteiger partial charge in [-0.15, -0.1) is 0 Å². The Balaban J connectivity index is 3.38. The number of pyridine rings is 1. The van der Waals surface area contributed by atoms with Gasteiger partial charge in [0.15, 0.2) is 5.75 Å². The molecule has 13 heavy (non-hydrogen) atoms. The topological polar surface area (TPSA) is 59.4 Å². The average Bonchev–Trinajstić information content (AvgIpc) is 2.09. The fraction of sp³-hybridized carbons (Fsp3) is 0.250. The van der Waals surface area contributed by atoms with Crippen LogP contribution in [0.5, 0.6) is 5.75 Å². The number of hydrogen-bond donors (Lipinski definition) is 1. The summed E-state index contributed by atoms with van der Waals surface area (Å²) in [5.74, 6) is -0.745. The highest BCUT2D eigenvalue weighted by Gasteiger charge is 2.15. The van der Waals surface area contributed by atoms with E-state index >= 15 is 0 Å². The fourth-order valence-corrected chi connectivity index (χ4v) is 1.39. The third-order valence-corrected chi connectivity index (χ3v) is 2.52. The molecule has 70 valence electrons. The van der Waals surface area contributed by atoms with Crippen LogP contribution < -0.4 is 4.74 Å². The van der Waals surface area contributed by atoms with E-state index in [9.17, 15) is 4.79 Å². The molecule has 0 aliphatic rings. The van der Waals surface area contributed by atoms with Crippen LogP contribution in [0.3, 0.4) is 0 Å². The minimum absolute atomic E-state index is 0.0555. The minimum Gasteiger partial charge on any atom is -0.495 e. The molecule has 0 fully saturated rings. The van der Waals surface area contributed by atoms with Crippen molar-refractivity contribution in [1.82, 2.24) is 4.98 Å². The molecule has 5 heteroatoms. The Kier molecular flexibility index (Phi) is 2.87. The van der Waals surface area contributed by atoms with Crippen molar-refractivity contribution in [3.05, 3.63) is 21.9 Å². The van der Waals surface area contributed by atoms with Gasteiger partial charge in [-0.3, -0.25) is 4.98 Å². The highest BCUT2D eigenvalue weighted by atomic mass is 79.9. The van der Waals surface area contributed by atoms with E-state index in [-0.39, 0.29) is 5.56 Å². The number of halogens is 1. The van der Waals surface area contributed by atoms with Gasteiger partial charge in [0, 0.05) is 6.20 Å². The van der Waals surface area contributed by atoms with E-state index < -0.39 is 5.97 Å². The molecule has 1 aromatic rings. The molecule has 0 aliphatic carbocycles. The third-order valence-electron chi connectivity index (χ3n) is 1.58.